The van der Waals surface area contributed by atoms with Crippen LogP contribution < -0.4 is 4.74 Å². The van der Waals surface area contributed by atoms with Gasteiger partial charge in [-0.25, -0.2) is 9.78 Å². The van der Waals surface area contributed by atoms with E-state index in [0.29, 0.717) is 12.5 Å². The van der Waals surface area contributed by atoms with E-state index in [0.717, 1.165) is 19.3 Å². The zero-order valence-electron chi connectivity index (χ0n) is 13.2. The van der Waals surface area contributed by atoms with Crippen molar-refractivity contribution in [1.82, 2.24) is 4.98 Å². The van der Waals surface area contributed by atoms with Gasteiger partial charge in [0.15, 0.2) is 0 Å². The number of allylic oxidation sites excluding steroid dienone is 1. The zero-order chi connectivity index (χ0) is 17.1. The Morgan fingerprint density at radius 3 is 2.70 bits per heavy atom. The Balaban J connectivity index is 2.36. The smallest absolute Gasteiger partial charge is 0.339 e. The third-order valence-electron chi connectivity index (χ3n) is 3.06. The number of aromatic nitrogens is 1. The number of hydrogen-bond acceptors (Lipinski definition) is 4. The van der Waals surface area contributed by atoms with Crippen LogP contribution in [0.5, 0.6) is 5.88 Å². The van der Waals surface area contributed by atoms with Gasteiger partial charge >= 0.3 is 5.97 Å². The molecule has 0 spiro atoms. The van der Waals surface area contributed by atoms with Crippen molar-refractivity contribution in [1.29, 1.82) is 0 Å². The lowest BCUT2D eigenvalue weighted by atomic mass is 10.2. The van der Waals surface area contributed by atoms with Gasteiger partial charge in [0.05, 0.1) is 18.8 Å². The largest absolute Gasteiger partial charge is 0.478 e. The van der Waals surface area contributed by atoms with Crippen molar-refractivity contribution in [2.75, 3.05) is 13.2 Å². The minimum absolute atomic E-state index is 0.00735. The number of ether oxygens (including phenoxy) is 2. The highest BCUT2D eigenvalue weighted by molar-refractivity contribution is 5.89. The van der Waals surface area contributed by atoms with E-state index in [1.165, 1.54) is 19.2 Å². The first-order chi connectivity index (χ1) is 11.0. The maximum Gasteiger partial charge on any atom is 0.339 e. The predicted molar refractivity (Wildman–Crippen MR) is 83.6 cm³/mol. The molecule has 6 heteroatoms. The molecule has 0 unspecified atom stereocenters. The summed E-state index contributed by atoms with van der Waals surface area (Å²) in [5.74, 6) is -0.166. The quantitative estimate of drug-likeness (QED) is 0.360. The summed E-state index contributed by atoms with van der Waals surface area (Å²) in [6.07, 6.45) is 4.32. The van der Waals surface area contributed by atoms with Crippen LogP contribution in [0, 0.1) is 0 Å². The molecule has 4 nitrogen and oxygen atoms in total. The standard InChI is InChI=1S/C17H21F2NO3/c1-3-4-5-6-10-22-15-8-7-14(12-20-15)17(21)23-11-9-13(2)16(18)19/h3,7-8,12H,1,4-6,9-11H2,2H3. The highest BCUT2D eigenvalue weighted by atomic mass is 19.3. The number of unbranched alkanes of at least 4 members (excludes halogenated alkanes) is 2. The predicted octanol–water partition coefficient (Wildman–Crippen LogP) is 4.53. The van der Waals surface area contributed by atoms with E-state index in [4.69, 9.17) is 9.47 Å². The molecule has 0 aromatic carbocycles. The Labute approximate surface area is 134 Å². The summed E-state index contributed by atoms with van der Waals surface area (Å²) >= 11 is 0. The number of hydrogen-bond donors (Lipinski definition) is 0. The summed E-state index contributed by atoms with van der Waals surface area (Å²) in [5.41, 5.74) is 0.169. The van der Waals surface area contributed by atoms with Crippen molar-refractivity contribution in [3.8, 4) is 5.88 Å². The van der Waals surface area contributed by atoms with Crippen LogP contribution >= 0.6 is 0 Å². The third-order valence-corrected chi connectivity index (χ3v) is 3.06. The highest BCUT2D eigenvalue weighted by Gasteiger charge is 2.09. The van der Waals surface area contributed by atoms with Gasteiger partial charge in [-0.15, -0.1) is 6.58 Å². The van der Waals surface area contributed by atoms with Crippen molar-refractivity contribution in [3.63, 3.8) is 0 Å². The summed E-state index contributed by atoms with van der Waals surface area (Å²) < 4.78 is 34.8. The third kappa shape index (κ3) is 7.54. The molecule has 0 amide bonds. The van der Waals surface area contributed by atoms with Gasteiger partial charge in [-0.05, 0) is 37.8 Å². The van der Waals surface area contributed by atoms with Crippen LogP contribution in [-0.2, 0) is 4.74 Å². The second-order valence-electron chi connectivity index (χ2n) is 4.94. The first-order valence-corrected chi connectivity index (χ1v) is 7.42. The molecule has 1 heterocycles. The Hall–Kier alpha value is -2.24. The molecule has 0 aliphatic heterocycles. The zero-order valence-corrected chi connectivity index (χ0v) is 13.2. The lowest BCUT2D eigenvalue weighted by Gasteiger charge is -2.07. The van der Waals surface area contributed by atoms with E-state index >= 15 is 0 Å². The summed E-state index contributed by atoms with van der Waals surface area (Å²) in [7, 11) is 0. The summed E-state index contributed by atoms with van der Waals surface area (Å²) in [6, 6.07) is 3.11. The molecule has 0 fully saturated rings. The van der Waals surface area contributed by atoms with E-state index in [1.54, 1.807) is 6.07 Å². The molecule has 126 valence electrons. The summed E-state index contributed by atoms with van der Waals surface area (Å²) in [5, 5.41) is 0. The molecule has 0 saturated heterocycles. The van der Waals surface area contributed by atoms with Crippen LogP contribution in [0.2, 0.25) is 0 Å². The van der Waals surface area contributed by atoms with Gasteiger partial charge in [0.2, 0.25) is 5.88 Å². The molecule has 1 rings (SSSR count). The Morgan fingerprint density at radius 2 is 2.09 bits per heavy atom. The fraction of sp³-hybridized carbons (Fsp3) is 0.412. The van der Waals surface area contributed by atoms with Crippen molar-refractivity contribution in [3.05, 3.63) is 48.2 Å². The molecular weight excluding hydrogens is 304 g/mol. The van der Waals surface area contributed by atoms with Crippen molar-refractivity contribution in [2.45, 2.75) is 32.6 Å². The number of halogens is 2. The van der Waals surface area contributed by atoms with Crippen LogP contribution in [0.3, 0.4) is 0 Å². The molecular formula is C17H21F2NO3. The summed E-state index contributed by atoms with van der Waals surface area (Å²) in [6.45, 7) is 5.40. The lowest BCUT2D eigenvalue weighted by Crippen LogP contribution is -2.08. The van der Waals surface area contributed by atoms with E-state index in [1.807, 2.05) is 6.08 Å². The Kier molecular flexibility index (Phi) is 8.57. The summed E-state index contributed by atoms with van der Waals surface area (Å²) in [4.78, 5) is 15.7. The van der Waals surface area contributed by atoms with Gasteiger partial charge in [-0.2, -0.15) is 8.78 Å². The number of pyridine rings is 1. The second kappa shape index (κ2) is 10.5. The maximum absolute atomic E-state index is 12.2. The van der Waals surface area contributed by atoms with Gasteiger partial charge in [0, 0.05) is 18.7 Å². The molecule has 0 bridgehead atoms. The number of esters is 1. The van der Waals surface area contributed by atoms with E-state index in [9.17, 15) is 13.6 Å². The fourth-order valence-corrected chi connectivity index (χ4v) is 1.63. The van der Waals surface area contributed by atoms with E-state index < -0.39 is 12.0 Å². The monoisotopic (exact) mass is 325 g/mol. The Bertz CT molecular complexity index is 537. The van der Waals surface area contributed by atoms with Gasteiger partial charge < -0.3 is 9.47 Å². The average Bonchev–Trinajstić information content (AvgIpc) is 2.55. The molecule has 0 radical (unpaired) electrons. The van der Waals surface area contributed by atoms with Crippen molar-refractivity contribution >= 4 is 5.97 Å². The van der Waals surface area contributed by atoms with Crippen molar-refractivity contribution in [2.24, 2.45) is 0 Å². The van der Waals surface area contributed by atoms with Gasteiger partial charge in [0.25, 0.3) is 6.08 Å². The fourth-order valence-electron chi connectivity index (χ4n) is 1.63. The molecule has 1 aromatic heterocycles. The SMILES string of the molecule is C=CCCCCOc1ccc(C(=O)OCCC(C)=C(F)F)cn1. The van der Waals surface area contributed by atoms with Gasteiger partial charge in [-0.3, -0.25) is 0 Å². The van der Waals surface area contributed by atoms with Crippen LogP contribution in [0.1, 0.15) is 43.0 Å². The normalized spacial score (nSPS) is 10.0. The molecule has 1 aromatic rings. The van der Waals surface area contributed by atoms with Crippen molar-refractivity contribution < 1.29 is 23.0 Å². The molecule has 0 aliphatic rings. The van der Waals surface area contributed by atoms with E-state index in [-0.39, 0.29) is 24.2 Å². The minimum Gasteiger partial charge on any atom is -0.478 e. The van der Waals surface area contributed by atoms with Crippen LogP contribution in [0.4, 0.5) is 8.78 Å². The van der Waals surface area contributed by atoms with Crippen LogP contribution in [0.25, 0.3) is 0 Å². The first-order valence-electron chi connectivity index (χ1n) is 7.42. The van der Waals surface area contributed by atoms with Gasteiger partial charge in [-0.1, -0.05) is 6.08 Å². The number of nitrogens with zero attached hydrogens (tertiary/aromatic N) is 1. The van der Waals surface area contributed by atoms with Crippen LogP contribution in [0.15, 0.2) is 42.6 Å². The molecule has 0 N–H and O–H groups in total. The van der Waals surface area contributed by atoms with E-state index in [2.05, 4.69) is 11.6 Å². The highest BCUT2D eigenvalue weighted by Crippen LogP contribution is 2.12. The topological polar surface area (TPSA) is 48.4 Å². The lowest BCUT2D eigenvalue weighted by molar-refractivity contribution is 0.0507. The molecule has 0 aliphatic carbocycles. The number of rotatable bonds is 10. The molecule has 0 atom stereocenters. The van der Waals surface area contributed by atoms with Crippen LogP contribution in [-0.4, -0.2) is 24.2 Å². The Morgan fingerprint density at radius 1 is 1.30 bits per heavy atom. The average molecular weight is 325 g/mol. The number of carbonyl (C=O) groups is 1. The number of carbonyl (C=O) groups excluding carboxylic acids is 1. The van der Waals surface area contributed by atoms with Gasteiger partial charge in [0.1, 0.15) is 0 Å². The molecule has 0 saturated carbocycles. The minimum atomic E-state index is -1.74. The second-order valence-corrected chi connectivity index (χ2v) is 4.94. The first kappa shape index (κ1) is 18.8. The maximum atomic E-state index is 12.2. The molecule has 23 heavy (non-hydrogen) atoms.